The summed E-state index contributed by atoms with van der Waals surface area (Å²) >= 11 is 1.60. The molecule has 0 radical (unpaired) electrons. The van der Waals surface area contributed by atoms with Gasteiger partial charge in [-0.25, -0.2) is 4.79 Å². The minimum absolute atomic E-state index is 0.112. The zero-order valence-corrected chi connectivity index (χ0v) is 15.4. The monoisotopic (exact) mass is 367 g/mol. The van der Waals surface area contributed by atoms with Crippen LogP contribution in [0, 0.1) is 11.8 Å². The quantitative estimate of drug-likeness (QED) is 0.815. The lowest BCUT2D eigenvalue weighted by Gasteiger charge is -2.21. The number of amides is 3. The van der Waals surface area contributed by atoms with Crippen LogP contribution in [0.25, 0.3) is 0 Å². The van der Waals surface area contributed by atoms with Crippen molar-refractivity contribution in [3.63, 3.8) is 0 Å². The zero-order valence-electron chi connectivity index (χ0n) is 14.6. The maximum Gasteiger partial charge on any atom is 0.319 e. The van der Waals surface area contributed by atoms with E-state index in [1.165, 1.54) is 0 Å². The number of carbonyl (C=O) groups is 2. The Morgan fingerprint density at radius 3 is 2.92 bits per heavy atom. The van der Waals surface area contributed by atoms with Crippen molar-refractivity contribution in [2.24, 2.45) is 0 Å². The molecule has 2 aromatic rings. The van der Waals surface area contributed by atoms with E-state index in [0.29, 0.717) is 18.7 Å². The van der Waals surface area contributed by atoms with Crippen molar-refractivity contribution in [2.45, 2.75) is 25.8 Å². The first-order valence-electron chi connectivity index (χ1n) is 8.61. The molecule has 2 N–H and O–H groups in total. The topological polar surface area (TPSA) is 61.4 Å². The molecule has 0 unspecified atom stereocenters. The molecule has 0 saturated carbocycles. The van der Waals surface area contributed by atoms with Crippen LogP contribution in [-0.2, 0) is 4.79 Å². The summed E-state index contributed by atoms with van der Waals surface area (Å²) in [7, 11) is 0. The molecule has 0 aliphatic carbocycles. The smallest absolute Gasteiger partial charge is 0.319 e. The van der Waals surface area contributed by atoms with Crippen LogP contribution in [-0.4, -0.2) is 36.0 Å². The van der Waals surface area contributed by atoms with Gasteiger partial charge in [0.2, 0.25) is 5.91 Å². The Balaban J connectivity index is 1.54. The lowest BCUT2D eigenvalue weighted by Crippen LogP contribution is -2.44. The van der Waals surface area contributed by atoms with Gasteiger partial charge in [-0.15, -0.1) is 11.3 Å². The van der Waals surface area contributed by atoms with Crippen LogP contribution in [0.2, 0.25) is 0 Å². The molecule has 1 aromatic heterocycles. The van der Waals surface area contributed by atoms with Crippen molar-refractivity contribution in [1.29, 1.82) is 0 Å². The predicted octanol–water partition coefficient (Wildman–Crippen LogP) is 3.28. The number of benzene rings is 1. The summed E-state index contributed by atoms with van der Waals surface area (Å²) in [5.41, 5.74) is 1.52. The van der Waals surface area contributed by atoms with Crippen LogP contribution in [0.4, 0.5) is 10.5 Å². The van der Waals surface area contributed by atoms with Crippen molar-refractivity contribution in [3.8, 4) is 11.8 Å². The highest BCUT2D eigenvalue weighted by atomic mass is 32.1. The lowest BCUT2D eigenvalue weighted by molar-refractivity contribution is -0.127. The molecular weight excluding hydrogens is 346 g/mol. The number of urea groups is 1. The van der Waals surface area contributed by atoms with E-state index in [1.54, 1.807) is 16.2 Å². The number of nitrogens with zero attached hydrogens (tertiary/aromatic N) is 1. The van der Waals surface area contributed by atoms with Crippen molar-refractivity contribution in [1.82, 2.24) is 10.2 Å². The van der Waals surface area contributed by atoms with E-state index >= 15 is 0 Å². The van der Waals surface area contributed by atoms with Crippen LogP contribution in [0.5, 0.6) is 0 Å². The summed E-state index contributed by atoms with van der Waals surface area (Å²) in [6, 6.07) is 11.0. The Morgan fingerprint density at radius 1 is 1.31 bits per heavy atom. The van der Waals surface area contributed by atoms with E-state index in [-0.39, 0.29) is 18.0 Å². The van der Waals surface area contributed by atoms with Crippen LogP contribution < -0.4 is 10.6 Å². The molecule has 1 saturated heterocycles. The molecule has 0 bridgehead atoms. The summed E-state index contributed by atoms with van der Waals surface area (Å²) in [6.07, 6.45) is 1.51. The first-order valence-corrected chi connectivity index (χ1v) is 9.49. The molecule has 134 valence electrons. The van der Waals surface area contributed by atoms with Crippen molar-refractivity contribution >= 4 is 29.0 Å². The van der Waals surface area contributed by atoms with Gasteiger partial charge in [-0.3, -0.25) is 4.79 Å². The number of nitrogens with one attached hydrogen (secondary N) is 2. The zero-order chi connectivity index (χ0) is 18.4. The Kier molecular flexibility index (Phi) is 5.92. The third-order valence-corrected chi connectivity index (χ3v) is 4.80. The third-order valence-electron chi connectivity index (χ3n) is 4.01. The fourth-order valence-electron chi connectivity index (χ4n) is 2.82. The highest BCUT2D eigenvalue weighted by Gasteiger charge is 2.22. The fraction of sp³-hybridized carbons (Fsp3) is 0.300. The van der Waals surface area contributed by atoms with Gasteiger partial charge in [0.25, 0.3) is 0 Å². The number of likely N-dealkylation sites (tertiary alicyclic amines) is 1. The second kappa shape index (κ2) is 8.54. The normalized spacial score (nSPS) is 14.5. The molecular formula is C20H21N3O2S. The van der Waals surface area contributed by atoms with E-state index in [2.05, 4.69) is 22.5 Å². The maximum atomic E-state index is 12.2. The van der Waals surface area contributed by atoms with E-state index in [4.69, 9.17) is 0 Å². The van der Waals surface area contributed by atoms with Gasteiger partial charge in [0.05, 0.1) is 4.88 Å². The first kappa shape index (κ1) is 18.0. The largest absolute Gasteiger partial charge is 0.341 e. The number of hydrogen-bond donors (Lipinski definition) is 2. The van der Waals surface area contributed by atoms with Crippen molar-refractivity contribution in [2.75, 3.05) is 18.4 Å². The highest BCUT2D eigenvalue weighted by molar-refractivity contribution is 7.10. The summed E-state index contributed by atoms with van der Waals surface area (Å²) < 4.78 is 0. The summed E-state index contributed by atoms with van der Waals surface area (Å²) in [6.45, 7) is 3.21. The van der Waals surface area contributed by atoms with Gasteiger partial charge < -0.3 is 15.5 Å². The van der Waals surface area contributed by atoms with Gasteiger partial charge in [-0.2, -0.15) is 0 Å². The average Bonchev–Trinajstić information content (AvgIpc) is 3.25. The van der Waals surface area contributed by atoms with Crippen LogP contribution >= 0.6 is 11.3 Å². The number of rotatable bonds is 4. The maximum absolute atomic E-state index is 12.2. The first-order chi connectivity index (χ1) is 12.6. The molecule has 1 atom stereocenters. The Morgan fingerprint density at radius 2 is 2.19 bits per heavy atom. The highest BCUT2D eigenvalue weighted by Crippen LogP contribution is 2.12. The number of anilines is 1. The average molecular weight is 367 g/mol. The van der Waals surface area contributed by atoms with Crippen molar-refractivity contribution < 1.29 is 9.59 Å². The van der Waals surface area contributed by atoms with Crippen LogP contribution in [0.3, 0.4) is 0 Å². The summed E-state index contributed by atoms with van der Waals surface area (Å²) in [4.78, 5) is 26.6. The molecule has 6 heteroatoms. The van der Waals surface area contributed by atoms with Gasteiger partial charge in [-0.1, -0.05) is 24.0 Å². The summed E-state index contributed by atoms with van der Waals surface area (Å²) in [5, 5.41) is 7.68. The Bertz CT molecular complexity index is 836. The number of thiophene rings is 1. The molecule has 5 nitrogen and oxygen atoms in total. The van der Waals surface area contributed by atoms with Gasteiger partial charge in [-0.05, 0) is 43.0 Å². The predicted molar refractivity (Wildman–Crippen MR) is 104 cm³/mol. The van der Waals surface area contributed by atoms with Crippen LogP contribution in [0.15, 0.2) is 41.8 Å². The second-order valence-corrected chi connectivity index (χ2v) is 7.20. The van der Waals surface area contributed by atoms with E-state index in [0.717, 1.165) is 23.4 Å². The number of carbonyl (C=O) groups excluding carboxylic acids is 2. The van der Waals surface area contributed by atoms with Crippen LogP contribution in [0.1, 0.15) is 30.2 Å². The third kappa shape index (κ3) is 5.11. The van der Waals surface area contributed by atoms with Gasteiger partial charge >= 0.3 is 6.03 Å². The molecule has 1 aliphatic heterocycles. The molecule has 3 rings (SSSR count). The van der Waals surface area contributed by atoms with Gasteiger partial charge in [0, 0.05) is 36.8 Å². The fourth-order valence-corrected chi connectivity index (χ4v) is 3.39. The van der Waals surface area contributed by atoms with Gasteiger partial charge in [0.15, 0.2) is 0 Å². The molecule has 3 amide bonds. The standard InChI is InChI=1S/C20H21N3O2S/c1-15(14-23-11-3-8-19(23)24)21-20(25)22-17-6-2-5-16(13-17)9-10-18-7-4-12-26-18/h2,4-7,12-13,15H,3,8,11,14H2,1H3,(H2,21,22,25)/t15-/m1/s1. The molecule has 0 spiro atoms. The van der Waals surface area contributed by atoms with E-state index in [9.17, 15) is 9.59 Å². The number of hydrogen-bond acceptors (Lipinski definition) is 3. The lowest BCUT2D eigenvalue weighted by atomic mass is 10.2. The molecule has 26 heavy (non-hydrogen) atoms. The second-order valence-electron chi connectivity index (χ2n) is 6.25. The minimum atomic E-state index is -0.285. The summed E-state index contributed by atoms with van der Waals surface area (Å²) in [5.74, 6) is 6.36. The molecule has 1 aliphatic rings. The molecule has 1 fully saturated rings. The van der Waals surface area contributed by atoms with E-state index < -0.39 is 0 Å². The minimum Gasteiger partial charge on any atom is -0.341 e. The molecule has 1 aromatic carbocycles. The Hall–Kier alpha value is -2.78. The van der Waals surface area contributed by atoms with E-state index in [1.807, 2.05) is 48.7 Å². The van der Waals surface area contributed by atoms with Gasteiger partial charge in [0.1, 0.15) is 0 Å². The van der Waals surface area contributed by atoms with Crippen molar-refractivity contribution in [3.05, 3.63) is 52.2 Å². The SMILES string of the molecule is C[C@H](CN1CCCC1=O)NC(=O)Nc1cccc(C#Cc2cccs2)c1. The Labute approximate surface area is 157 Å². The molecule has 2 heterocycles.